The minimum absolute atomic E-state index is 0.0968. The van der Waals surface area contributed by atoms with Crippen molar-refractivity contribution in [2.75, 3.05) is 5.32 Å². The number of aryl methyl sites for hydroxylation is 1. The molecule has 1 aliphatic heterocycles. The molecular weight excluding hydrogens is 449 g/mol. The number of nitrogens with zero attached hydrogens (tertiary/aromatic N) is 6. The first-order chi connectivity index (χ1) is 17.0. The third-order valence-corrected chi connectivity index (χ3v) is 6.04. The first-order valence-corrected chi connectivity index (χ1v) is 11.1. The van der Waals surface area contributed by atoms with Gasteiger partial charge in [0.15, 0.2) is 11.5 Å². The van der Waals surface area contributed by atoms with E-state index in [9.17, 15) is 9.18 Å². The third kappa shape index (κ3) is 3.88. The lowest BCUT2D eigenvalue weighted by molar-refractivity contribution is -0.116. The van der Waals surface area contributed by atoms with Crippen LogP contribution in [-0.2, 0) is 11.4 Å². The molecule has 0 aliphatic carbocycles. The van der Waals surface area contributed by atoms with Crippen molar-refractivity contribution in [3.8, 4) is 11.6 Å². The fraction of sp³-hybridized carbons (Fsp3) is 0.160. The predicted octanol–water partition coefficient (Wildman–Crippen LogP) is 3.81. The predicted molar refractivity (Wildman–Crippen MR) is 125 cm³/mol. The van der Waals surface area contributed by atoms with Gasteiger partial charge in [0.1, 0.15) is 30.3 Å². The van der Waals surface area contributed by atoms with E-state index in [1.165, 1.54) is 18.5 Å². The summed E-state index contributed by atoms with van der Waals surface area (Å²) in [6.07, 6.45) is 1.82. The van der Waals surface area contributed by atoms with E-state index in [1.54, 1.807) is 27.4 Å². The molecule has 1 aliphatic rings. The zero-order valence-electron chi connectivity index (χ0n) is 18.7. The standard InChI is InChI=1S/C25H20FN7O2/c1-15-24-20(17-5-7-19(8-6-17)35-13-16-3-2-4-18(26)11-16)12-23(34)28-25(24)33(30-15)22-10-9-21-29-27-14-32(21)31-22/h2-11,14,20H,12-13H2,1H3,(H,28,34)/t20-/m0/s1. The number of rotatable bonds is 5. The summed E-state index contributed by atoms with van der Waals surface area (Å²) in [7, 11) is 0. The van der Waals surface area contributed by atoms with Gasteiger partial charge in [-0.05, 0) is 54.4 Å². The van der Waals surface area contributed by atoms with Gasteiger partial charge in [0.2, 0.25) is 5.91 Å². The molecule has 0 radical (unpaired) electrons. The summed E-state index contributed by atoms with van der Waals surface area (Å²) in [6.45, 7) is 2.19. The molecule has 4 heterocycles. The summed E-state index contributed by atoms with van der Waals surface area (Å²) in [5, 5.41) is 20.0. The van der Waals surface area contributed by atoms with Crippen molar-refractivity contribution in [2.24, 2.45) is 0 Å². The largest absolute Gasteiger partial charge is 0.489 e. The quantitative estimate of drug-likeness (QED) is 0.420. The fourth-order valence-electron chi connectivity index (χ4n) is 4.42. The lowest BCUT2D eigenvalue weighted by Gasteiger charge is -2.24. The Kier molecular flexibility index (Phi) is 4.98. The van der Waals surface area contributed by atoms with Gasteiger partial charge >= 0.3 is 0 Å². The Labute approximate surface area is 199 Å². The van der Waals surface area contributed by atoms with Crippen LogP contribution in [0.2, 0.25) is 0 Å². The number of fused-ring (bicyclic) bond motifs is 2. The number of aromatic nitrogens is 6. The zero-order chi connectivity index (χ0) is 23.9. The number of carbonyl (C=O) groups excluding carboxylic acids is 1. The van der Waals surface area contributed by atoms with E-state index in [2.05, 4.69) is 25.7 Å². The van der Waals surface area contributed by atoms with E-state index < -0.39 is 0 Å². The van der Waals surface area contributed by atoms with Crippen LogP contribution >= 0.6 is 0 Å². The zero-order valence-corrected chi connectivity index (χ0v) is 18.7. The highest BCUT2D eigenvalue weighted by molar-refractivity contribution is 5.95. The molecule has 3 aromatic heterocycles. The van der Waals surface area contributed by atoms with Gasteiger partial charge in [-0.1, -0.05) is 24.3 Å². The molecular formula is C25H20FN7O2. The second-order valence-electron chi connectivity index (χ2n) is 8.38. The minimum Gasteiger partial charge on any atom is -0.489 e. The number of anilines is 1. The van der Waals surface area contributed by atoms with E-state index in [1.807, 2.05) is 37.3 Å². The smallest absolute Gasteiger partial charge is 0.226 e. The lowest BCUT2D eigenvalue weighted by Crippen LogP contribution is -2.25. The van der Waals surface area contributed by atoms with Crippen LogP contribution in [0.25, 0.3) is 11.5 Å². The molecule has 0 saturated carbocycles. The third-order valence-electron chi connectivity index (χ3n) is 6.04. The number of nitrogens with one attached hydrogen (secondary N) is 1. The second-order valence-corrected chi connectivity index (χ2v) is 8.38. The van der Waals surface area contributed by atoms with Crippen molar-refractivity contribution < 1.29 is 13.9 Å². The van der Waals surface area contributed by atoms with Gasteiger partial charge in [0.05, 0.1) is 5.69 Å². The minimum atomic E-state index is -0.291. The van der Waals surface area contributed by atoms with Gasteiger partial charge < -0.3 is 10.1 Å². The molecule has 0 bridgehead atoms. The number of carbonyl (C=O) groups is 1. The Balaban J connectivity index is 1.29. The average molecular weight is 469 g/mol. The lowest BCUT2D eigenvalue weighted by atomic mass is 9.86. The Bertz CT molecular complexity index is 1560. The van der Waals surface area contributed by atoms with Crippen LogP contribution in [0, 0.1) is 12.7 Å². The Morgan fingerprint density at radius 1 is 1.11 bits per heavy atom. The monoisotopic (exact) mass is 469 g/mol. The molecule has 35 heavy (non-hydrogen) atoms. The maximum absolute atomic E-state index is 13.4. The van der Waals surface area contributed by atoms with Gasteiger partial charge in [-0.2, -0.15) is 14.3 Å². The Hall–Kier alpha value is -4.60. The fourth-order valence-corrected chi connectivity index (χ4v) is 4.42. The van der Waals surface area contributed by atoms with Crippen molar-refractivity contribution in [3.63, 3.8) is 0 Å². The maximum atomic E-state index is 13.4. The SMILES string of the molecule is Cc1nn(-c2ccc3nncn3n2)c2c1[C@H](c1ccc(OCc3cccc(F)c3)cc1)CC(=O)N2. The van der Waals surface area contributed by atoms with Crippen LogP contribution in [0.3, 0.4) is 0 Å². The molecule has 9 nitrogen and oxygen atoms in total. The van der Waals surface area contributed by atoms with Crippen LogP contribution < -0.4 is 10.1 Å². The number of ether oxygens (including phenoxy) is 1. The molecule has 0 saturated heterocycles. The molecule has 1 amide bonds. The van der Waals surface area contributed by atoms with Crippen LogP contribution in [0.1, 0.15) is 34.7 Å². The molecule has 1 atom stereocenters. The first-order valence-electron chi connectivity index (χ1n) is 11.1. The first kappa shape index (κ1) is 21.0. The molecule has 0 unspecified atom stereocenters. The van der Waals surface area contributed by atoms with E-state index >= 15 is 0 Å². The van der Waals surface area contributed by atoms with Gasteiger partial charge in [-0.3, -0.25) is 4.79 Å². The van der Waals surface area contributed by atoms with E-state index in [-0.39, 0.29) is 24.2 Å². The van der Waals surface area contributed by atoms with Gasteiger partial charge in [0, 0.05) is 17.9 Å². The van der Waals surface area contributed by atoms with Crippen LogP contribution in [0.4, 0.5) is 10.2 Å². The van der Waals surface area contributed by atoms with Crippen molar-refractivity contribution in [1.29, 1.82) is 0 Å². The Morgan fingerprint density at radius 2 is 1.97 bits per heavy atom. The van der Waals surface area contributed by atoms with E-state index in [0.717, 1.165) is 22.4 Å². The highest BCUT2D eigenvalue weighted by Crippen LogP contribution is 2.40. The van der Waals surface area contributed by atoms with Gasteiger partial charge in [-0.25, -0.2) is 4.39 Å². The molecule has 1 N–H and O–H groups in total. The molecule has 0 fully saturated rings. The van der Waals surface area contributed by atoms with Gasteiger partial charge in [-0.15, -0.1) is 15.3 Å². The summed E-state index contributed by atoms with van der Waals surface area (Å²) in [5.74, 6) is 1.26. The molecule has 174 valence electrons. The van der Waals surface area contributed by atoms with Crippen molar-refractivity contribution >= 4 is 17.4 Å². The molecule has 2 aromatic carbocycles. The maximum Gasteiger partial charge on any atom is 0.226 e. The highest BCUT2D eigenvalue weighted by atomic mass is 19.1. The summed E-state index contributed by atoms with van der Waals surface area (Å²) in [5.41, 5.74) is 4.10. The number of hydrogen-bond acceptors (Lipinski definition) is 6. The van der Waals surface area contributed by atoms with Crippen molar-refractivity contribution in [1.82, 2.24) is 29.6 Å². The molecule has 6 rings (SSSR count). The van der Waals surface area contributed by atoms with E-state index in [0.29, 0.717) is 29.5 Å². The number of halogens is 1. The van der Waals surface area contributed by atoms with Crippen LogP contribution in [0.5, 0.6) is 5.75 Å². The number of hydrogen-bond donors (Lipinski definition) is 1. The second kappa shape index (κ2) is 8.32. The normalized spacial score (nSPS) is 15.1. The van der Waals surface area contributed by atoms with Crippen molar-refractivity contribution in [3.05, 3.63) is 95.2 Å². The van der Waals surface area contributed by atoms with Crippen LogP contribution in [-0.4, -0.2) is 35.5 Å². The van der Waals surface area contributed by atoms with Gasteiger partial charge in [0.25, 0.3) is 0 Å². The van der Waals surface area contributed by atoms with Crippen molar-refractivity contribution in [2.45, 2.75) is 25.9 Å². The number of benzene rings is 2. The summed E-state index contributed by atoms with van der Waals surface area (Å²) in [4.78, 5) is 12.7. The average Bonchev–Trinajstić information content (AvgIpc) is 3.46. The summed E-state index contributed by atoms with van der Waals surface area (Å²) < 4.78 is 22.4. The molecule has 0 spiro atoms. The molecule has 10 heteroatoms. The van der Waals surface area contributed by atoms with E-state index in [4.69, 9.17) is 4.74 Å². The molecule has 5 aromatic rings. The highest BCUT2D eigenvalue weighted by Gasteiger charge is 2.33. The summed E-state index contributed by atoms with van der Waals surface area (Å²) in [6, 6.07) is 17.5. The Morgan fingerprint density at radius 3 is 2.80 bits per heavy atom. The summed E-state index contributed by atoms with van der Waals surface area (Å²) >= 11 is 0. The number of amides is 1. The topological polar surface area (TPSA) is 99.2 Å². The van der Waals surface area contributed by atoms with Crippen LogP contribution in [0.15, 0.2) is 67.0 Å².